The van der Waals surface area contributed by atoms with Crippen LogP contribution in [0, 0.1) is 0 Å². The average molecular weight is 351 g/mol. The molecule has 1 aromatic rings. The number of nitrogens with zero attached hydrogens (tertiary/aromatic N) is 1. The number of rotatable bonds is 3. The second-order valence-electron chi connectivity index (χ2n) is 7.49. The van der Waals surface area contributed by atoms with Crippen LogP contribution >= 0.6 is 0 Å². The van der Waals surface area contributed by atoms with Crippen LogP contribution in [0.2, 0.25) is 0 Å². The minimum Gasteiger partial charge on any atom is -0.444 e. The number of hydrogen-bond acceptors (Lipinski definition) is 3. The van der Waals surface area contributed by atoms with Crippen LogP contribution < -0.4 is 4.74 Å². The molecule has 2 atom stereocenters. The summed E-state index contributed by atoms with van der Waals surface area (Å²) in [4.78, 5) is 14.3. The quantitative estimate of drug-likeness (QED) is 0.782. The Kier molecular flexibility index (Phi) is 4.71. The molecule has 0 radical (unpaired) electrons. The van der Waals surface area contributed by atoms with Crippen molar-refractivity contribution in [3.05, 3.63) is 35.9 Å². The van der Waals surface area contributed by atoms with Crippen LogP contribution in [-0.2, 0) is 4.74 Å². The van der Waals surface area contributed by atoms with E-state index in [1.165, 1.54) is 0 Å². The van der Waals surface area contributed by atoms with Crippen LogP contribution in [0.15, 0.2) is 30.3 Å². The van der Waals surface area contributed by atoms with Gasteiger partial charge in [0.25, 0.3) is 0 Å². The fourth-order valence-corrected chi connectivity index (χ4v) is 3.49. The summed E-state index contributed by atoms with van der Waals surface area (Å²) >= 11 is 0. The van der Waals surface area contributed by atoms with Crippen molar-refractivity contribution in [2.24, 2.45) is 0 Å². The summed E-state index contributed by atoms with van der Waals surface area (Å²) < 4.78 is 34.4. The number of alkyl halides is 2. The summed E-state index contributed by atoms with van der Waals surface area (Å²) in [5.41, 5.74) is 1.60. The molecule has 2 aliphatic rings. The molecule has 2 aliphatic heterocycles. The van der Waals surface area contributed by atoms with Gasteiger partial charge in [0.1, 0.15) is 11.4 Å². The molecule has 1 saturated heterocycles. The van der Waals surface area contributed by atoms with E-state index in [2.05, 4.69) is 10.8 Å². The fraction of sp³-hybridized carbons (Fsp3) is 0.526. The van der Waals surface area contributed by atoms with Crippen molar-refractivity contribution in [1.29, 1.82) is 0 Å². The van der Waals surface area contributed by atoms with E-state index >= 15 is 0 Å². The van der Waals surface area contributed by atoms with Gasteiger partial charge in [-0.25, -0.2) is 4.79 Å². The molecule has 136 valence electrons. The molecule has 2 unspecified atom stereocenters. The van der Waals surface area contributed by atoms with Crippen LogP contribution in [-0.4, -0.2) is 35.3 Å². The summed E-state index contributed by atoms with van der Waals surface area (Å²) in [6, 6.07) is 6.81. The van der Waals surface area contributed by atoms with Gasteiger partial charge in [-0.1, -0.05) is 18.2 Å². The third kappa shape index (κ3) is 4.11. The first-order chi connectivity index (χ1) is 11.7. The zero-order chi connectivity index (χ0) is 18.2. The lowest BCUT2D eigenvalue weighted by Crippen LogP contribution is -2.45. The van der Waals surface area contributed by atoms with Gasteiger partial charge >= 0.3 is 12.7 Å². The molecule has 0 aliphatic carbocycles. The van der Waals surface area contributed by atoms with Crippen molar-refractivity contribution >= 4 is 11.7 Å². The molecule has 1 aromatic carbocycles. The van der Waals surface area contributed by atoms with E-state index in [4.69, 9.17) is 4.74 Å². The molecule has 0 aromatic heterocycles. The van der Waals surface area contributed by atoms with Gasteiger partial charge in [0, 0.05) is 6.04 Å². The molecule has 4 nitrogen and oxygen atoms in total. The number of halogens is 2. The first-order valence-corrected chi connectivity index (χ1v) is 8.50. The third-order valence-corrected chi connectivity index (χ3v) is 4.45. The minimum atomic E-state index is -2.82. The third-order valence-electron chi connectivity index (χ3n) is 4.45. The van der Waals surface area contributed by atoms with Gasteiger partial charge in [0.15, 0.2) is 0 Å². The standard InChI is InChI=1S/C19H23F2NO3/c1-19(2,3)25-18(23)22-14-6-7-15(22)11-13(10-14)12-4-8-16(9-5-12)24-17(20)21/h4-5,8-10,14-15,17H,6-7,11H2,1-3H3. The Labute approximate surface area is 146 Å². The lowest BCUT2D eigenvalue weighted by atomic mass is 9.95. The fourth-order valence-electron chi connectivity index (χ4n) is 3.49. The predicted octanol–water partition coefficient (Wildman–Crippen LogP) is 4.84. The number of fused-ring (bicyclic) bond motifs is 2. The molecule has 2 heterocycles. The topological polar surface area (TPSA) is 38.8 Å². The normalized spacial score (nSPS) is 22.8. The number of carbonyl (C=O) groups is 1. The Morgan fingerprint density at radius 1 is 1.20 bits per heavy atom. The van der Waals surface area contributed by atoms with Gasteiger partial charge in [-0.15, -0.1) is 0 Å². The summed E-state index contributed by atoms with van der Waals surface area (Å²) in [6.45, 7) is 2.77. The van der Waals surface area contributed by atoms with Gasteiger partial charge in [0.2, 0.25) is 0 Å². The molecule has 25 heavy (non-hydrogen) atoms. The van der Waals surface area contributed by atoms with Crippen LogP contribution in [0.4, 0.5) is 13.6 Å². The number of hydrogen-bond donors (Lipinski definition) is 0. The Hall–Kier alpha value is -2.11. The Morgan fingerprint density at radius 2 is 1.88 bits per heavy atom. The van der Waals surface area contributed by atoms with Crippen molar-refractivity contribution in [3.8, 4) is 5.75 Å². The van der Waals surface area contributed by atoms with E-state index in [0.29, 0.717) is 0 Å². The monoisotopic (exact) mass is 351 g/mol. The van der Waals surface area contributed by atoms with E-state index in [-0.39, 0.29) is 23.9 Å². The molecular weight excluding hydrogens is 328 g/mol. The smallest absolute Gasteiger partial charge is 0.411 e. The first kappa shape index (κ1) is 17.7. The van der Waals surface area contributed by atoms with Crippen LogP contribution in [0.3, 0.4) is 0 Å². The van der Waals surface area contributed by atoms with Crippen molar-refractivity contribution < 1.29 is 23.0 Å². The molecule has 0 N–H and O–H groups in total. The van der Waals surface area contributed by atoms with Gasteiger partial charge in [-0.2, -0.15) is 8.78 Å². The zero-order valence-corrected chi connectivity index (χ0v) is 14.7. The minimum absolute atomic E-state index is 0.0283. The van der Waals surface area contributed by atoms with Crippen LogP contribution in [0.25, 0.3) is 5.57 Å². The highest BCUT2D eigenvalue weighted by atomic mass is 19.3. The van der Waals surface area contributed by atoms with Gasteiger partial charge in [-0.05, 0) is 63.3 Å². The summed E-state index contributed by atoms with van der Waals surface area (Å²) in [6.07, 6.45) is 4.42. The Balaban J connectivity index is 1.74. The molecule has 1 amide bonds. The summed E-state index contributed by atoms with van der Waals surface area (Å²) in [5, 5.41) is 0. The number of benzene rings is 1. The molecule has 3 rings (SSSR count). The first-order valence-electron chi connectivity index (χ1n) is 8.50. The molecule has 6 heteroatoms. The van der Waals surface area contributed by atoms with Crippen LogP contribution in [0.1, 0.15) is 45.6 Å². The largest absolute Gasteiger partial charge is 0.444 e. The zero-order valence-electron chi connectivity index (χ0n) is 14.7. The maximum atomic E-state index is 12.5. The van der Waals surface area contributed by atoms with Crippen molar-refractivity contribution in [3.63, 3.8) is 0 Å². The second kappa shape index (κ2) is 6.65. The molecular formula is C19H23F2NO3. The van der Waals surface area contributed by atoms with E-state index in [1.807, 2.05) is 25.7 Å². The van der Waals surface area contributed by atoms with E-state index < -0.39 is 12.2 Å². The van der Waals surface area contributed by atoms with E-state index in [0.717, 1.165) is 30.4 Å². The predicted molar refractivity (Wildman–Crippen MR) is 90.6 cm³/mol. The molecule has 2 bridgehead atoms. The SMILES string of the molecule is CC(C)(C)OC(=O)N1C2C=C(c3ccc(OC(F)F)cc3)CC1CC2. The second-order valence-corrected chi connectivity index (χ2v) is 7.49. The number of amides is 1. The maximum Gasteiger partial charge on any atom is 0.411 e. The van der Waals surface area contributed by atoms with Crippen molar-refractivity contribution in [2.45, 2.75) is 64.3 Å². The highest BCUT2D eigenvalue weighted by molar-refractivity contribution is 5.75. The van der Waals surface area contributed by atoms with Crippen molar-refractivity contribution in [1.82, 2.24) is 4.90 Å². The average Bonchev–Trinajstić information content (AvgIpc) is 2.76. The maximum absolute atomic E-state index is 12.5. The number of ether oxygens (including phenoxy) is 2. The molecule has 0 spiro atoms. The highest BCUT2D eigenvalue weighted by Crippen LogP contribution is 2.39. The van der Waals surface area contributed by atoms with E-state index in [1.54, 1.807) is 24.3 Å². The van der Waals surface area contributed by atoms with Crippen molar-refractivity contribution in [2.75, 3.05) is 0 Å². The number of carbonyl (C=O) groups excluding carboxylic acids is 1. The van der Waals surface area contributed by atoms with Crippen LogP contribution in [0.5, 0.6) is 5.75 Å². The van der Waals surface area contributed by atoms with Gasteiger partial charge in [0.05, 0.1) is 6.04 Å². The van der Waals surface area contributed by atoms with Gasteiger partial charge in [-0.3, -0.25) is 4.90 Å². The highest BCUT2D eigenvalue weighted by Gasteiger charge is 2.41. The summed E-state index contributed by atoms with van der Waals surface area (Å²) in [5.74, 6) is 0.147. The van der Waals surface area contributed by atoms with Gasteiger partial charge < -0.3 is 9.47 Å². The molecule has 0 saturated carbocycles. The van der Waals surface area contributed by atoms with E-state index in [9.17, 15) is 13.6 Å². The summed E-state index contributed by atoms with van der Waals surface area (Å²) in [7, 11) is 0. The Morgan fingerprint density at radius 3 is 2.44 bits per heavy atom. The lowest BCUT2D eigenvalue weighted by molar-refractivity contribution is -0.0498. The lowest BCUT2D eigenvalue weighted by Gasteiger charge is -2.35. The Bertz CT molecular complexity index is 664. The molecule has 1 fully saturated rings.